The van der Waals surface area contributed by atoms with Gasteiger partial charge in [0, 0.05) is 0 Å². The monoisotopic (exact) mass is 240 g/mol. The van der Waals surface area contributed by atoms with E-state index < -0.39 is 11.2 Å². The Morgan fingerprint density at radius 2 is 1.83 bits per heavy atom. The van der Waals surface area contributed by atoms with Gasteiger partial charge in [-0.1, -0.05) is 18.2 Å². The molecular formula is C12H8N4O2. The molecule has 2 aromatic heterocycles. The van der Waals surface area contributed by atoms with Crippen LogP contribution in [0.3, 0.4) is 0 Å². The van der Waals surface area contributed by atoms with E-state index in [1.165, 1.54) is 16.8 Å². The minimum absolute atomic E-state index is 0.248. The largest absolute Gasteiger partial charge is 0.334 e. The van der Waals surface area contributed by atoms with Gasteiger partial charge in [-0.15, -0.1) is 5.10 Å². The highest BCUT2D eigenvalue weighted by Crippen LogP contribution is 2.09. The van der Waals surface area contributed by atoms with Crippen molar-refractivity contribution in [3.05, 3.63) is 63.4 Å². The third-order valence-corrected chi connectivity index (χ3v) is 2.60. The fourth-order valence-corrected chi connectivity index (χ4v) is 1.80. The standard InChI is InChI=1S/C12H8N4O2/c17-11-9-6-7-13-15-10(9)16(12(18)14-11)8-4-2-1-3-5-8/h1-7H,(H,14,17,18). The molecule has 0 saturated heterocycles. The fraction of sp³-hybridized carbons (Fsp3) is 0. The Bertz CT molecular complexity index is 821. The van der Waals surface area contributed by atoms with Crippen molar-refractivity contribution >= 4 is 11.0 Å². The molecule has 0 fully saturated rings. The van der Waals surface area contributed by atoms with Crippen molar-refractivity contribution in [1.29, 1.82) is 0 Å². The fourth-order valence-electron chi connectivity index (χ4n) is 1.80. The summed E-state index contributed by atoms with van der Waals surface area (Å²) in [5.74, 6) is 0. The van der Waals surface area contributed by atoms with Crippen molar-refractivity contribution in [3.8, 4) is 5.69 Å². The van der Waals surface area contributed by atoms with Gasteiger partial charge in [-0.25, -0.2) is 9.36 Å². The summed E-state index contributed by atoms with van der Waals surface area (Å²) in [6, 6.07) is 10.5. The van der Waals surface area contributed by atoms with E-state index in [4.69, 9.17) is 0 Å². The van der Waals surface area contributed by atoms with Gasteiger partial charge in [0.05, 0.1) is 17.3 Å². The van der Waals surface area contributed by atoms with Crippen LogP contribution in [0.15, 0.2) is 52.2 Å². The number of benzene rings is 1. The van der Waals surface area contributed by atoms with Crippen molar-refractivity contribution in [1.82, 2.24) is 19.7 Å². The molecule has 0 unspecified atom stereocenters. The summed E-state index contributed by atoms with van der Waals surface area (Å²) < 4.78 is 1.32. The minimum atomic E-state index is -0.529. The Morgan fingerprint density at radius 3 is 2.61 bits per heavy atom. The molecule has 0 atom stereocenters. The quantitative estimate of drug-likeness (QED) is 0.670. The number of hydrogen-bond acceptors (Lipinski definition) is 4. The molecule has 18 heavy (non-hydrogen) atoms. The van der Waals surface area contributed by atoms with Crippen LogP contribution in [0.25, 0.3) is 16.7 Å². The van der Waals surface area contributed by atoms with Crippen LogP contribution in [0, 0.1) is 0 Å². The molecule has 0 amide bonds. The third-order valence-electron chi connectivity index (χ3n) is 2.60. The van der Waals surface area contributed by atoms with Crippen LogP contribution in [-0.4, -0.2) is 19.7 Å². The van der Waals surface area contributed by atoms with Crippen LogP contribution in [0.1, 0.15) is 0 Å². The summed E-state index contributed by atoms with van der Waals surface area (Å²) in [5, 5.41) is 7.92. The second-order valence-corrected chi connectivity index (χ2v) is 3.70. The lowest BCUT2D eigenvalue weighted by Crippen LogP contribution is -2.29. The first kappa shape index (κ1) is 10.4. The van der Waals surface area contributed by atoms with Crippen LogP contribution < -0.4 is 11.2 Å². The first-order chi connectivity index (χ1) is 8.77. The minimum Gasteiger partial charge on any atom is -0.273 e. The number of rotatable bonds is 1. The maximum absolute atomic E-state index is 11.9. The smallest absolute Gasteiger partial charge is 0.273 e. The number of aromatic nitrogens is 4. The van der Waals surface area contributed by atoms with E-state index >= 15 is 0 Å². The molecule has 0 aliphatic heterocycles. The Morgan fingerprint density at radius 1 is 1.06 bits per heavy atom. The van der Waals surface area contributed by atoms with Gasteiger partial charge in [0.25, 0.3) is 5.56 Å². The van der Waals surface area contributed by atoms with Crippen molar-refractivity contribution < 1.29 is 0 Å². The summed E-state index contributed by atoms with van der Waals surface area (Å²) in [6.45, 7) is 0. The van der Waals surface area contributed by atoms with E-state index in [0.717, 1.165) is 0 Å². The van der Waals surface area contributed by atoms with Gasteiger partial charge in [-0.3, -0.25) is 9.78 Å². The predicted octanol–water partition coefficient (Wildman–Crippen LogP) is 0.469. The van der Waals surface area contributed by atoms with E-state index in [1.54, 1.807) is 24.3 Å². The molecule has 88 valence electrons. The Kier molecular flexibility index (Phi) is 2.26. The number of fused-ring (bicyclic) bond motifs is 1. The molecule has 0 aliphatic rings. The van der Waals surface area contributed by atoms with E-state index in [-0.39, 0.29) is 5.65 Å². The Hall–Kier alpha value is -2.76. The number of nitrogens with zero attached hydrogens (tertiary/aromatic N) is 3. The van der Waals surface area contributed by atoms with Crippen molar-refractivity contribution in [2.75, 3.05) is 0 Å². The maximum atomic E-state index is 11.9. The Labute approximate surface area is 101 Å². The molecular weight excluding hydrogens is 232 g/mol. The number of hydrogen-bond donors (Lipinski definition) is 1. The number of para-hydroxylation sites is 1. The number of aromatic amines is 1. The molecule has 0 bridgehead atoms. The van der Waals surface area contributed by atoms with E-state index in [2.05, 4.69) is 15.2 Å². The first-order valence-electron chi connectivity index (χ1n) is 5.29. The second-order valence-electron chi connectivity index (χ2n) is 3.70. The average molecular weight is 240 g/mol. The maximum Gasteiger partial charge on any atom is 0.334 e. The van der Waals surface area contributed by atoms with E-state index in [0.29, 0.717) is 11.1 Å². The summed E-state index contributed by atoms with van der Waals surface area (Å²) in [6.07, 6.45) is 1.41. The molecule has 6 nitrogen and oxygen atoms in total. The van der Waals surface area contributed by atoms with Crippen LogP contribution in [-0.2, 0) is 0 Å². The summed E-state index contributed by atoms with van der Waals surface area (Å²) in [5.41, 5.74) is -0.113. The molecule has 0 radical (unpaired) electrons. The van der Waals surface area contributed by atoms with Gasteiger partial charge >= 0.3 is 5.69 Å². The molecule has 3 rings (SSSR count). The summed E-state index contributed by atoms with van der Waals surface area (Å²) >= 11 is 0. The highest BCUT2D eigenvalue weighted by Gasteiger charge is 2.09. The molecule has 0 aliphatic carbocycles. The highest BCUT2D eigenvalue weighted by atomic mass is 16.2. The second kappa shape index (κ2) is 3.92. The van der Waals surface area contributed by atoms with Gasteiger partial charge in [0.15, 0.2) is 5.65 Å². The van der Waals surface area contributed by atoms with Gasteiger partial charge in [-0.2, -0.15) is 5.10 Å². The summed E-state index contributed by atoms with van der Waals surface area (Å²) in [4.78, 5) is 25.8. The lowest BCUT2D eigenvalue weighted by atomic mass is 10.3. The van der Waals surface area contributed by atoms with Crippen LogP contribution in [0.2, 0.25) is 0 Å². The lowest BCUT2D eigenvalue weighted by molar-refractivity contribution is 0.899. The SMILES string of the molecule is O=c1[nH]c(=O)n(-c2ccccc2)c2nnccc12. The molecule has 6 heteroatoms. The van der Waals surface area contributed by atoms with Gasteiger partial charge in [0.2, 0.25) is 0 Å². The topological polar surface area (TPSA) is 80.6 Å². The highest BCUT2D eigenvalue weighted by molar-refractivity contribution is 5.74. The average Bonchev–Trinajstić information content (AvgIpc) is 2.40. The first-order valence-corrected chi connectivity index (χ1v) is 5.29. The van der Waals surface area contributed by atoms with Crippen LogP contribution in [0.4, 0.5) is 0 Å². The van der Waals surface area contributed by atoms with Gasteiger partial charge < -0.3 is 0 Å². The molecule has 1 aromatic carbocycles. The molecule has 0 saturated carbocycles. The third kappa shape index (κ3) is 1.51. The molecule has 1 N–H and O–H groups in total. The van der Waals surface area contributed by atoms with Crippen molar-refractivity contribution in [3.63, 3.8) is 0 Å². The zero-order valence-corrected chi connectivity index (χ0v) is 9.20. The zero-order valence-electron chi connectivity index (χ0n) is 9.20. The zero-order chi connectivity index (χ0) is 12.5. The van der Waals surface area contributed by atoms with Crippen LogP contribution in [0.5, 0.6) is 0 Å². The van der Waals surface area contributed by atoms with Gasteiger partial charge in [-0.05, 0) is 18.2 Å². The van der Waals surface area contributed by atoms with Crippen molar-refractivity contribution in [2.45, 2.75) is 0 Å². The summed E-state index contributed by atoms with van der Waals surface area (Å²) in [7, 11) is 0. The lowest BCUT2D eigenvalue weighted by Gasteiger charge is -2.06. The van der Waals surface area contributed by atoms with E-state index in [1.807, 2.05) is 6.07 Å². The number of H-pyrrole nitrogens is 1. The Balaban J connectivity index is 2.50. The number of nitrogens with one attached hydrogen (secondary N) is 1. The molecule has 0 spiro atoms. The molecule has 2 heterocycles. The van der Waals surface area contributed by atoms with Crippen molar-refractivity contribution in [2.24, 2.45) is 0 Å². The predicted molar refractivity (Wildman–Crippen MR) is 65.8 cm³/mol. The molecule has 3 aromatic rings. The van der Waals surface area contributed by atoms with Crippen LogP contribution >= 0.6 is 0 Å². The van der Waals surface area contributed by atoms with E-state index in [9.17, 15) is 9.59 Å². The normalized spacial score (nSPS) is 10.7. The van der Waals surface area contributed by atoms with Gasteiger partial charge in [0.1, 0.15) is 0 Å².